The largest absolute Gasteiger partial charge is 0.407 e. The van der Waals surface area contributed by atoms with E-state index in [4.69, 9.17) is 14.1 Å². The van der Waals surface area contributed by atoms with Crippen LogP contribution in [-0.4, -0.2) is 15.6 Å². The van der Waals surface area contributed by atoms with E-state index in [1.807, 2.05) is 6.92 Å². The standard InChI is InChI=1S/C16H16N2O3S/c1-4-11-18-12-9-5-8-7-20-16(2,3)6-10(8)17-14(9)22-13(12)15(19)21-11/h5H,4,6-7H2,1-3H3. The van der Waals surface area contributed by atoms with Crippen molar-refractivity contribution < 1.29 is 9.15 Å². The van der Waals surface area contributed by atoms with E-state index in [-0.39, 0.29) is 11.2 Å². The molecule has 0 amide bonds. The number of hydrogen-bond acceptors (Lipinski definition) is 6. The molecule has 4 heterocycles. The third-order valence-corrected chi connectivity index (χ3v) is 5.04. The number of ether oxygens (including phenoxy) is 1. The Bertz CT molecular complexity index is 955. The predicted octanol–water partition coefficient (Wildman–Crippen LogP) is 3.21. The summed E-state index contributed by atoms with van der Waals surface area (Å²) >= 11 is 1.36. The Morgan fingerprint density at radius 1 is 1.36 bits per heavy atom. The highest BCUT2D eigenvalue weighted by molar-refractivity contribution is 7.25. The zero-order chi connectivity index (χ0) is 15.5. The Labute approximate surface area is 131 Å². The van der Waals surface area contributed by atoms with E-state index in [0.717, 1.165) is 27.9 Å². The lowest BCUT2D eigenvalue weighted by atomic mass is 9.95. The first-order chi connectivity index (χ1) is 10.5. The Kier molecular flexibility index (Phi) is 2.90. The summed E-state index contributed by atoms with van der Waals surface area (Å²) < 4.78 is 11.6. The highest BCUT2D eigenvalue weighted by Gasteiger charge is 2.28. The number of aromatic nitrogens is 2. The van der Waals surface area contributed by atoms with Gasteiger partial charge in [-0.3, -0.25) is 0 Å². The molecule has 0 aliphatic carbocycles. The van der Waals surface area contributed by atoms with Gasteiger partial charge in [-0.1, -0.05) is 6.92 Å². The Morgan fingerprint density at radius 2 is 2.18 bits per heavy atom. The average Bonchev–Trinajstić information content (AvgIpc) is 2.82. The SMILES string of the molecule is CCc1nc2c(sc3nc4c(cc32)COC(C)(C)C4)c(=O)o1. The van der Waals surface area contributed by atoms with Crippen molar-refractivity contribution in [1.82, 2.24) is 9.97 Å². The van der Waals surface area contributed by atoms with Crippen molar-refractivity contribution in [3.63, 3.8) is 0 Å². The Morgan fingerprint density at radius 3 is 2.95 bits per heavy atom. The van der Waals surface area contributed by atoms with Crippen molar-refractivity contribution in [3.05, 3.63) is 33.6 Å². The lowest BCUT2D eigenvalue weighted by Gasteiger charge is -2.30. The van der Waals surface area contributed by atoms with Crippen molar-refractivity contribution >= 4 is 31.8 Å². The molecule has 0 atom stereocenters. The van der Waals surface area contributed by atoms with Gasteiger partial charge in [0.25, 0.3) is 0 Å². The molecule has 0 aromatic carbocycles. The molecule has 0 unspecified atom stereocenters. The van der Waals surface area contributed by atoms with Crippen molar-refractivity contribution in [2.75, 3.05) is 0 Å². The number of thiophene rings is 1. The van der Waals surface area contributed by atoms with Crippen LogP contribution in [0.5, 0.6) is 0 Å². The molecule has 114 valence electrons. The van der Waals surface area contributed by atoms with Gasteiger partial charge in [-0.25, -0.2) is 14.8 Å². The van der Waals surface area contributed by atoms with Crippen LogP contribution in [0.3, 0.4) is 0 Å². The number of nitrogens with zero attached hydrogens (tertiary/aromatic N) is 2. The molecule has 1 aliphatic heterocycles. The molecule has 0 saturated heterocycles. The molecule has 0 radical (unpaired) electrons. The average molecular weight is 316 g/mol. The second kappa shape index (κ2) is 4.60. The number of aryl methyl sites for hydroxylation is 1. The van der Waals surface area contributed by atoms with Crippen LogP contribution in [0.1, 0.15) is 37.9 Å². The zero-order valence-electron chi connectivity index (χ0n) is 12.7. The number of pyridine rings is 1. The van der Waals surface area contributed by atoms with Crippen LogP contribution in [0.2, 0.25) is 0 Å². The van der Waals surface area contributed by atoms with E-state index < -0.39 is 0 Å². The predicted molar refractivity (Wildman–Crippen MR) is 85.4 cm³/mol. The minimum Gasteiger partial charge on any atom is -0.407 e. The van der Waals surface area contributed by atoms with Crippen molar-refractivity contribution in [1.29, 1.82) is 0 Å². The smallest absolute Gasteiger partial charge is 0.357 e. The first kappa shape index (κ1) is 13.8. The van der Waals surface area contributed by atoms with Crippen LogP contribution >= 0.6 is 11.3 Å². The summed E-state index contributed by atoms with van der Waals surface area (Å²) in [6.45, 7) is 6.60. The van der Waals surface area contributed by atoms with Gasteiger partial charge in [0.1, 0.15) is 15.0 Å². The lowest BCUT2D eigenvalue weighted by molar-refractivity contribution is -0.0411. The van der Waals surface area contributed by atoms with Gasteiger partial charge >= 0.3 is 5.63 Å². The van der Waals surface area contributed by atoms with Crippen LogP contribution in [0.4, 0.5) is 0 Å². The van der Waals surface area contributed by atoms with E-state index in [1.165, 1.54) is 11.3 Å². The second-order valence-corrected chi connectivity index (χ2v) is 7.20. The molecular formula is C16H16N2O3S. The number of rotatable bonds is 1. The van der Waals surface area contributed by atoms with Gasteiger partial charge in [0, 0.05) is 23.8 Å². The van der Waals surface area contributed by atoms with Crippen LogP contribution in [-0.2, 0) is 24.2 Å². The van der Waals surface area contributed by atoms with Gasteiger partial charge < -0.3 is 9.15 Å². The molecule has 6 heteroatoms. The van der Waals surface area contributed by atoms with E-state index in [2.05, 4.69) is 24.9 Å². The molecule has 22 heavy (non-hydrogen) atoms. The summed E-state index contributed by atoms with van der Waals surface area (Å²) in [6.07, 6.45) is 1.37. The molecule has 3 aromatic heterocycles. The van der Waals surface area contributed by atoms with Crippen molar-refractivity contribution in [2.24, 2.45) is 0 Å². The molecule has 3 aromatic rings. The molecule has 4 rings (SSSR count). The second-order valence-electron chi connectivity index (χ2n) is 6.20. The first-order valence-corrected chi connectivity index (χ1v) is 8.17. The van der Waals surface area contributed by atoms with E-state index in [0.29, 0.717) is 29.1 Å². The van der Waals surface area contributed by atoms with Crippen LogP contribution in [0.25, 0.3) is 20.4 Å². The van der Waals surface area contributed by atoms with E-state index in [9.17, 15) is 4.79 Å². The fourth-order valence-corrected chi connectivity index (χ4v) is 3.79. The maximum absolute atomic E-state index is 12.1. The van der Waals surface area contributed by atoms with Crippen molar-refractivity contribution in [3.8, 4) is 0 Å². The van der Waals surface area contributed by atoms with Gasteiger partial charge in [-0.2, -0.15) is 0 Å². The van der Waals surface area contributed by atoms with Gasteiger partial charge in [0.15, 0.2) is 5.89 Å². The highest BCUT2D eigenvalue weighted by atomic mass is 32.1. The molecule has 1 aliphatic rings. The van der Waals surface area contributed by atoms with Crippen LogP contribution in [0, 0.1) is 0 Å². The van der Waals surface area contributed by atoms with Gasteiger partial charge in [-0.05, 0) is 19.9 Å². The van der Waals surface area contributed by atoms with Crippen LogP contribution < -0.4 is 5.63 Å². The maximum Gasteiger partial charge on any atom is 0.357 e. The summed E-state index contributed by atoms with van der Waals surface area (Å²) in [7, 11) is 0. The van der Waals surface area contributed by atoms with E-state index >= 15 is 0 Å². The molecule has 0 N–H and O–H groups in total. The fourth-order valence-electron chi connectivity index (χ4n) is 2.80. The Balaban J connectivity index is 2.02. The highest BCUT2D eigenvalue weighted by Crippen LogP contribution is 2.34. The minimum absolute atomic E-state index is 0.197. The van der Waals surface area contributed by atoms with Gasteiger partial charge in [-0.15, -0.1) is 11.3 Å². The molecule has 0 spiro atoms. The quantitative estimate of drug-likeness (QED) is 0.689. The van der Waals surface area contributed by atoms with Gasteiger partial charge in [0.05, 0.1) is 17.9 Å². The fraction of sp³-hybridized carbons (Fsp3) is 0.438. The first-order valence-electron chi connectivity index (χ1n) is 7.36. The molecule has 0 bridgehead atoms. The summed E-state index contributed by atoms with van der Waals surface area (Å²) in [4.78, 5) is 22.2. The Hall–Kier alpha value is -1.79. The number of fused-ring (bicyclic) bond motifs is 4. The number of hydrogen-bond donors (Lipinski definition) is 0. The van der Waals surface area contributed by atoms with Crippen LogP contribution in [0.15, 0.2) is 15.3 Å². The molecule has 0 saturated carbocycles. The van der Waals surface area contributed by atoms with Gasteiger partial charge in [0.2, 0.25) is 0 Å². The molecule has 5 nitrogen and oxygen atoms in total. The lowest BCUT2D eigenvalue weighted by Crippen LogP contribution is -2.32. The third-order valence-electron chi connectivity index (χ3n) is 3.97. The third kappa shape index (κ3) is 2.06. The summed E-state index contributed by atoms with van der Waals surface area (Å²) in [5.41, 5.74) is 2.32. The normalized spacial score (nSPS) is 17.0. The minimum atomic E-state index is -0.320. The summed E-state index contributed by atoms with van der Waals surface area (Å²) in [5, 5.41) is 0.921. The maximum atomic E-state index is 12.1. The topological polar surface area (TPSA) is 65.2 Å². The molecule has 0 fully saturated rings. The monoisotopic (exact) mass is 316 g/mol. The summed E-state index contributed by atoms with van der Waals surface area (Å²) in [6, 6.07) is 2.07. The summed E-state index contributed by atoms with van der Waals surface area (Å²) in [5.74, 6) is 0.465. The van der Waals surface area contributed by atoms with Crippen molar-refractivity contribution in [2.45, 2.75) is 45.8 Å². The van der Waals surface area contributed by atoms with E-state index in [1.54, 1.807) is 0 Å². The molecular weight excluding hydrogens is 300 g/mol. The zero-order valence-corrected chi connectivity index (χ0v) is 13.5.